The van der Waals surface area contributed by atoms with Crippen LogP contribution >= 0.6 is 11.6 Å². The molecule has 6 heteroatoms. The van der Waals surface area contributed by atoms with E-state index in [4.69, 9.17) is 16.0 Å². The third-order valence-corrected chi connectivity index (χ3v) is 3.67. The van der Waals surface area contributed by atoms with Crippen LogP contribution in [0.1, 0.15) is 19.2 Å². The van der Waals surface area contributed by atoms with Crippen molar-refractivity contribution in [3.8, 4) is 11.5 Å². The van der Waals surface area contributed by atoms with Crippen molar-refractivity contribution in [2.24, 2.45) is 11.8 Å². The van der Waals surface area contributed by atoms with E-state index in [1.54, 1.807) is 12.1 Å². The second-order valence-electron chi connectivity index (χ2n) is 5.05. The number of nitrogens with zero attached hydrogens (tertiary/aromatic N) is 2. The molecule has 0 radical (unpaired) electrons. The normalized spacial score (nSPS) is 20.7. The molecule has 1 fully saturated rings. The highest BCUT2D eigenvalue weighted by Gasteiger charge is 2.38. The van der Waals surface area contributed by atoms with Gasteiger partial charge in [-0.2, -0.15) is 0 Å². The van der Waals surface area contributed by atoms with Crippen molar-refractivity contribution in [1.29, 1.82) is 0 Å². The number of aromatic nitrogens is 2. The van der Waals surface area contributed by atoms with Gasteiger partial charge in [0.2, 0.25) is 17.7 Å². The van der Waals surface area contributed by atoms with Crippen LogP contribution in [0, 0.1) is 11.8 Å². The zero-order valence-corrected chi connectivity index (χ0v) is 11.7. The fraction of sp³-hybridized carbons (Fsp3) is 0.357. The molecule has 1 amide bonds. The lowest BCUT2D eigenvalue weighted by atomic mass is 10.2. The maximum Gasteiger partial charge on any atom is 0.247 e. The maximum absolute atomic E-state index is 11.7. The number of carbonyl (C=O) groups excluding carboxylic acids is 1. The molecule has 20 heavy (non-hydrogen) atoms. The molecule has 0 aliphatic heterocycles. The van der Waals surface area contributed by atoms with Crippen molar-refractivity contribution in [2.45, 2.75) is 19.9 Å². The minimum absolute atomic E-state index is 0.0590. The summed E-state index contributed by atoms with van der Waals surface area (Å²) in [5, 5.41) is 11.3. The second kappa shape index (κ2) is 5.25. The van der Waals surface area contributed by atoms with Gasteiger partial charge in [0.1, 0.15) is 0 Å². The number of benzene rings is 1. The van der Waals surface area contributed by atoms with Crippen LogP contribution in [0.2, 0.25) is 5.02 Å². The molecule has 2 aromatic rings. The van der Waals surface area contributed by atoms with Crippen LogP contribution in [0.5, 0.6) is 0 Å². The Morgan fingerprint density at radius 2 is 2.10 bits per heavy atom. The van der Waals surface area contributed by atoms with Gasteiger partial charge in [0.05, 0.1) is 6.54 Å². The van der Waals surface area contributed by atoms with Crippen LogP contribution in [0.15, 0.2) is 28.7 Å². The Bertz CT molecular complexity index is 624. The van der Waals surface area contributed by atoms with Gasteiger partial charge in [0.25, 0.3) is 0 Å². The van der Waals surface area contributed by atoms with Crippen LogP contribution in [0.4, 0.5) is 0 Å². The summed E-state index contributed by atoms with van der Waals surface area (Å²) in [6, 6.07) is 7.14. The van der Waals surface area contributed by atoms with Crippen LogP contribution in [0.3, 0.4) is 0 Å². The van der Waals surface area contributed by atoms with E-state index in [0.717, 1.165) is 12.0 Å². The molecular weight excluding hydrogens is 278 g/mol. The minimum Gasteiger partial charge on any atom is -0.419 e. The lowest BCUT2D eigenvalue weighted by Gasteiger charge is -2.00. The molecule has 0 spiro atoms. The van der Waals surface area contributed by atoms with E-state index >= 15 is 0 Å². The van der Waals surface area contributed by atoms with E-state index < -0.39 is 0 Å². The van der Waals surface area contributed by atoms with E-state index in [2.05, 4.69) is 22.4 Å². The molecule has 1 aromatic carbocycles. The summed E-state index contributed by atoms with van der Waals surface area (Å²) in [7, 11) is 0. The Labute approximate surface area is 121 Å². The van der Waals surface area contributed by atoms with Gasteiger partial charge >= 0.3 is 0 Å². The van der Waals surface area contributed by atoms with Crippen LogP contribution in [-0.4, -0.2) is 16.1 Å². The first-order valence-corrected chi connectivity index (χ1v) is 6.87. The standard InChI is InChI=1S/C14H14ClN3O2/c1-8-6-11(8)13(19)16-7-12-17-18-14(20-12)9-2-4-10(15)5-3-9/h2-5,8,11H,6-7H2,1H3,(H,16,19)/t8-,11+/m1/s1. The highest BCUT2D eigenvalue weighted by Crippen LogP contribution is 2.37. The molecule has 0 saturated heterocycles. The van der Waals surface area contributed by atoms with Gasteiger partial charge in [-0.1, -0.05) is 18.5 Å². The molecule has 104 valence electrons. The Morgan fingerprint density at radius 3 is 2.75 bits per heavy atom. The maximum atomic E-state index is 11.7. The SMILES string of the molecule is C[C@@H]1C[C@@H]1C(=O)NCc1nnc(-c2ccc(Cl)cc2)o1. The van der Waals surface area contributed by atoms with Crippen molar-refractivity contribution in [3.63, 3.8) is 0 Å². The van der Waals surface area contributed by atoms with Gasteiger partial charge < -0.3 is 9.73 Å². The molecular formula is C14H14ClN3O2. The first-order chi connectivity index (χ1) is 9.63. The van der Waals surface area contributed by atoms with Crippen molar-refractivity contribution in [2.75, 3.05) is 0 Å². The predicted molar refractivity (Wildman–Crippen MR) is 73.9 cm³/mol. The average Bonchev–Trinajstić information content (AvgIpc) is 3.00. The molecule has 1 heterocycles. The molecule has 0 unspecified atom stereocenters. The number of rotatable bonds is 4. The number of halogens is 1. The van der Waals surface area contributed by atoms with Crippen LogP contribution in [0.25, 0.3) is 11.5 Å². The third kappa shape index (κ3) is 2.82. The van der Waals surface area contributed by atoms with E-state index in [1.165, 1.54) is 0 Å². The van der Waals surface area contributed by atoms with Crippen molar-refractivity contribution in [3.05, 3.63) is 35.2 Å². The fourth-order valence-corrected chi connectivity index (χ4v) is 2.14. The highest BCUT2D eigenvalue weighted by molar-refractivity contribution is 6.30. The summed E-state index contributed by atoms with van der Waals surface area (Å²) in [4.78, 5) is 11.7. The zero-order chi connectivity index (χ0) is 14.1. The van der Waals surface area contributed by atoms with Crippen molar-refractivity contribution in [1.82, 2.24) is 15.5 Å². The predicted octanol–water partition coefficient (Wildman–Crippen LogP) is 2.66. The molecule has 0 bridgehead atoms. The first-order valence-electron chi connectivity index (χ1n) is 6.49. The largest absolute Gasteiger partial charge is 0.419 e. The molecule has 1 aromatic heterocycles. The lowest BCUT2D eigenvalue weighted by molar-refractivity contribution is -0.122. The Morgan fingerprint density at radius 1 is 1.40 bits per heavy atom. The van der Waals surface area contributed by atoms with Gasteiger partial charge in [-0.05, 0) is 36.6 Å². The first kappa shape index (κ1) is 13.1. The van der Waals surface area contributed by atoms with E-state index in [9.17, 15) is 4.79 Å². The summed E-state index contributed by atoms with van der Waals surface area (Å²) in [5.74, 6) is 1.52. The molecule has 1 aliphatic rings. The Balaban J connectivity index is 1.62. The number of nitrogens with one attached hydrogen (secondary N) is 1. The third-order valence-electron chi connectivity index (χ3n) is 3.42. The lowest BCUT2D eigenvalue weighted by Crippen LogP contribution is -2.24. The molecule has 1 N–H and O–H groups in total. The van der Waals surface area contributed by atoms with Gasteiger partial charge in [-0.15, -0.1) is 10.2 Å². The van der Waals surface area contributed by atoms with Gasteiger partial charge in [-0.3, -0.25) is 4.79 Å². The van der Waals surface area contributed by atoms with Gasteiger partial charge in [0.15, 0.2) is 0 Å². The highest BCUT2D eigenvalue weighted by atomic mass is 35.5. The summed E-state index contributed by atoms with van der Waals surface area (Å²) >= 11 is 5.82. The number of amides is 1. The zero-order valence-electron chi connectivity index (χ0n) is 11.0. The minimum atomic E-state index is 0.0590. The monoisotopic (exact) mass is 291 g/mol. The van der Waals surface area contributed by atoms with E-state index in [0.29, 0.717) is 22.7 Å². The van der Waals surface area contributed by atoms with Crippen LogP contribution < -0.4 is 5.32 Å². The molecule has 1 saturated carbocycles. The average molecular weight is 292 g/mol. The Hall–Kier alpha value is -1.88. The molecule has 3 rings (SSSR count). The van der Waals surface area contributed by atoms with Gasteiger partial charge in [0, 0.05) is 16.5 Å². The second-order valence-corrected chi connectivity index (χ2v) is 5.48. The molecule has 5 nitrogen and oxygen atoms in total. The number of hydrogen-bond acceptors (Lipinski definition) is 4. The van der Waals surface area contributed by atoms with Crippen molar-refractivity contribution < 1.29 is 9.21 Å². The molecule has 1 aliphatic carbocycles. The summed E-state index contributed by atoms with van der Waals surface area (Å²) < 4.78 is 5.51. The van der Waals surface area contributed by atoms with Crippen LogP contribution in [-0.2, 0) is 11.3 Å². The topological polar surface area (TPSA) is 68.0 Å². The number of hydrogen-bond donors (Lipinski definition) is 1. The Kier molecular flexibility index (Phi) is 3.44. The quantitative estimate of drug-likeness (QED) is 0.940. The molecule has 2 atom stereocenters. The summed E-state index contributed by atoms with van der Waals surface area (Å²) in [5.41, 5.74) is 0.801. The van der Waals surface area contributed by atoms with Crippen molar-refractivity contribution >= 4 is 17.5 Å². The smallest absolute Gasteiger partial charge is 0.247 e. The fourth-order valence-electron chi connectivity index (χ4n) is 2.02. The number of carbonyl (C=O) groups is 1. The van der Waals surface area contributed by atoms with E-state index in [1.807, 2.05) is 12.1 Å². The van der Waals surface area contributed by atoms with Gasteiger partial charge in [-0.25, -0.2) is 0 Å². The van der Waals surface area contributed by atoms with E-state index in [-0.39, 0.29) is 18.4 Å². The summed E-state index contributed by atoms with van der Waals surface area (Å²) in [6.45, 7) is 2.33. The summed E-state index contributed by atoms with van der Waals surface area (Å²) in [6.07, 6.45) is 0.964.